The highest BCUT2D eigenvalue weighted by molar-refractivity contribution is 6.03. The van der Waals surface area contributed by atoms with E-state index in [0.717, 1.165) is 42.9 Å². The molecule has 1 amide bonds. The van der Waals surface area contributed by atoms with E-state index in [1.54, 1.807) is 13.2 Å². The van der Waals surface area contributed by atoms with Gasteiger partial charge in [-0.1, -0.05) is 0 Å². The lowest BCUT2D eigenvalue weighted by atomic mass is 9.87. The SMILES string of the molecule is COc1cc2nn(C3CCC(C=O)CC3)cc2cc1NC(=O)c1ncco1. The molecular formula is C19H20N4O4. The van der Waals surface area contributed by atoms with Crippen molar-refractivity contribution in [1.82, 2.24) is 14.8 Å². The van der Waals surface area contributed by atoms with Crippen LogP contribution in [0.2, 0.25) is 0 Å². The number of nitrogens with one attached hydrogen (secondary N) is 1. The van der Waals surface area contributed by atoms with Crippen LogP contribution in [0.15, 0.2) is 35.2 Å². The van der Waals surface area contributed by atoms with Gasteiger partial charge in [0.2, 0.25) is 0 Å². The summed E-state index contributed by atoms with van der Waals surface area (Å²) in [5.41, 5.74) is 1.32. The molecule has 2 heterocycles. The number of anilines is 1. The van der Waals surface area contributed by atoms with Gasteiger partial charge in [0.15, 0.2) is 0 Å². The summed E-state index contributed by atoms with van der Waals surface area (Å²) < 4.78 is 12.4. The molecule has 0 spiro atoms. The van der Waals surface area contributed by atoms with Crippen molar-refractivity contribution in [2.24, 2.45) is 5.92 Å². The average molecular weight is 368 g/mol. The fourth-order valence-electron chi connectivity index (χ4n) is 3.54. The quantitative estimate of drug-likeness (QED) is 0.694. The molecule has 4 rings (SSSR count). The molecule has 3 aromatic rings. The van der Waals surface area contributed by atoms with Crippen molar-refractivity contribution < 1.29 is 18.7 Å². The highest BCUT2D eigenvalue weighted by Gasteiger charge is 2.23. The maximum atomic E-state index is 12.2. The van der Waals surface area contributed by atoms with Crippen LogP contribution in [0.3, 0.4) is 0 Å². The molecule has 1 N–H and O–H groups in total. The van der Waals surface area contributed by atoms with Gasteiger partial charge in [-0.15, -0.1) is 0 Å². The predicted octanol–water partition coefficient (Wildman–Crippen LogP) is 3.22. The minimum absolute atomic E-state index is 0.0141. The lowest BCUT2D eigenvalue weighted by Gasteiger charge is -2.25. The third kappa shape index (κ3) is 3.42. The number of benzene rings is 1. The summed E-state index contributed by atoms with van der Waals surface area (Å²) in [6, 6.07) is 3.91. The van der Waals surface area contributed by atoms with Crippen LogP contribution in [0.5, 0.6) is 5.75 Å². The fraction of sp³-hybridized carbons (Fsp3) is 0.368. The standard InChI is InChI=1S/C19H20N4O4/c1-26-17-9-15-13(8-16(17)21-18(25)19-20-6-7-27-19)10-23(22-15)14-4-2-12(11-24)3-5-14/h6-12,14H,2-5H2,1H3,(H,21,25). The molecule has 0 saturated heterocycles. The highest BCUT2D eigenvalue weighted by Crippen LogP contribution is 2.34. The summed E-state index contributed by atoms with van der Waals surface area (Å²) >= 11 is 0. The van der Waals surface area contributed by atoms with E-state index < -0.39 is 5.91 Å². The second-order valence-electron chi connectivity index (χ2n) is 6.72. The molecule has 0 bridgehead atoms. The van der Waals surface area contributed by atoms with Crippen LogP contribution in [0.4, 0.5) is 5.69 Å². The van der Waals surface area contributed by atoms with E-state index in [-0.39, 0.29) is 17.9 Å². The van der Waals surface area contributed by atoms with Crippen molar-refractivity contribution in [1.29, 1.82) is 0 Å². The largest absolute Gasteiger partial charge is 0.494 e. The van der Waals surface area contributed by atoms with Gasteiger partial charge in [-0.3, -0.25) is 9.48 Å². The molecule has 1 aliphatic rings. The summed E-state index contributed by atoms with van der Waals surface area (Å²) in [4.78, 5) is 27.0. The minimum atomic E-state index is -0.447. The number of carbonyl (C=O) groups is 2. The molecule has 0 radical (unpaired) electrons. The monoisotopic (exact) mass is 368 g/mol. The van der Waals surface area contributed by atoms with Gasteiger partial charge < -0.3 is 19.3 Å². The van der Waals surface area contributed by atoms with Crippen LogP contribution < -0.4 is 10.1 Å². The Bertz CT molecular complexity index is 956. The molecule has 1 fully saturated rings. The second-order valence-corrected chi connectivity index (χ2v) is 6.72. The van der Waals surface area contributed by atoms with Crippen molar-refractivity contribution in [3.63, 3.8) is 0 Å². The third-order valence-electron chi connectivity index (χ3n) is 5.03. The molecule has 140 valence electrons. The number of oxazole rings is 1. The second kappa shape index (κ2) is 7.22. The average Bonchev–Trinajstić information content (AvgIpc) is 3.37. The first-order valence-corrected chi connectivity index (χ1v) is 8.91. The van der Waals surface area contributed by atoms with E-state index in [1.165, 1.54) is 12.5 Å². The van der Waals surface area contributed by atoms with E-state index in [9.17, 15) is 9.59 Å². The zero-order valence-corrected chi connectivity index (χ0v) is 14.9. The van der Waals surface area contributed by atoms with Gasteiger partial charge in [-0.2, -0.15) is 5.10 Å². The summed E-state index contributed by atoms with van der Waals surface area (Å²) in [5.74, 6) is 0.220. The van der Waals surface area contributed by atoms with E-state index >= 15 is 0 Å². The molecule has 0 aliphatic heterocycles. The number of carbonyl (C=O) groups excluding carboxylic acids is 2. The van der Waals surface area contributed by atoms with Crippen LogP contribution >= 0.6 is 0 Å². The predicted molar refractivity (Wildman–Crippen MR) is 97.8 cm³/mol. The Morgan fingerprint density at radius 1 is 1.33 bits per heavy atom. The summed E-state index contributed by atoms with van der Waals surface area (Å²) in [5, 5.41) is 8.33. The number of aromatic nitrogens is 3. The first kappa shape index (κ1) is 17.3. The summed E-state index contributed by atoms with van der Waals surface area (Å²) in [6.45, 7) is 0. The molecule has 0 unspecified atom stereocenters. The van der Waals surface area contributed by atoms with Gasteiger partial charge in [-0.25, -0.2) is 4.98 Å². The molecule has 8 nitrogen and oxygen atoms in total. The Balaban J connectivity index is 1.60. The van der Waals surface area contributed by atoms with Crippen LogP contribution in [-0.4, -0.2) is 34.1 Å². The molecule has 1 aromatic carbocycles. The number of fused-ring (bicyclic) bond motifs is 1. The Kier molecular flexibility index (Phi) is 4.62. The van der Waals surface area contributed by atoms with Gasteiger partial charge in [-0.05, 0) is 31.7 Å². The van der Waals surface area contributed by atoms with E-state index in [0.29, 0.717) is 11.4 Å². The number of ether oxygens (including phenoxy) is 1. The number of aldehydes is 1. The number of amides is 1. The number of nitrogens with zero attached hydrogens (tertiary/aromatic N) is 3. The Hall–Kier alpha value is -3.16. The lowest BCUT2D eigenvalue weighted by molar-refractivity contribution is -0.112. The zero-order chi connectivity index (χ0) is 18.8. The highest BCUT2D eigenvalue weighted by atomic mass is 16.5. The van der Waals surface area contributed by atoms with Crippen LogP contribution in [0, 0.1) is 5.92 Å². The van der Waals surface area contributed by atoms with Gasteiger partial charge in [0, 0.05) is 23.6 Å². The van der Waals surface area contributed by atoms with Gasteiger partial charge >= 0.3 is 5.91 Å². The van der Waals surface area contributed by atoms with Crippen LogP contribution in [-0.2, 0) is 4.79 Å². The molecule has 27 heavy (non-hydrogen) atoms. The molecule has 1 saturated carbocycles. The maximum absolute atomic E-state index is 12.2. The number of rotatable bonds is 5. The van der Waals surface area contributed by atoms with E-state index in [4.69, 9.17) is 9.15 Å². The van der Waals surface area contributed by atoms with E-state index in [1.807, 2.05) is 16.9 Å². The first-order valence-electron chi connectivity index (χ1n) is 8.91. The molecule has 2 aromatic heterocycles. The van der Waals surface area contributed by atoms with E-state index in [2.05, 4.69) is 15.4 Å². The first-order chi connectivity index (χ1) is 13.2. The molecular weight excluding hydrogens is 348 g/mol. The number of methoxy groups -OCH3 is 1. The van der Waals surface area contributed by atoms with Crippen molar-refractivity contribution in [3.8, 4) is 5.75 Å². The normalized spacial score (nSPS) is 19.7. The van der Waals surface area contributed by atoms with Crippen LogP contribution in [0.25, 0.3) is 10.9 Å². The number of hydrogen-bond donors (Lipinski definition) is 1. The van der Waals surface area contributed by atoms with Crippen LogP contribution in [0.1, 0.15) is 42.4 Å². The molecule has 0 atom stereocenters. The smallest absolute Gasteiger partial charge is 0.311 e. The van der Waals surface area contributed by atoms with Crippen molar-refractivity contribution in [2.45, 2.75) is 31.7 Å². The van der Waals surface area contributed by atoms with Gasteiger partial charge in [0.05, 0.1) is 30.6 Å². The summed E-state index contributed by atoms with van der Waals surface area (Å²) in [6.07, 6.45) is 9.45. The van der Waals surface area contributed by atoms with Crippen molar-refractivity contribution in [3.05, 3.63) is 36.7 Å². The third-order valence-corrected chi connectivity index (χ3v) is 5.03. The summed E-state index contributed by atoms with van der Waals surface area (Å²) in [7, 11) is 1.54. The minimum Gasteiger partial charge on any atom is -0.494 e. The fourth-order valence-corrected chi connectivity index (χ4v) is 3.54. The Labute approximate surface area is 155 Å². The van der Waals surface area contributed by atoms with Gasteiger partial charge in [0.1, 0.15) is 18.3 Å². The number of hydrogen-bond acceptors (Lipinski definition) is 6. The van der Waals surface area contributed by atoms with Crippen molar-refractivity contribution in [2.75, 3.05) is 12.4 Å². The zero-order valence-electron chi connectivity index (χ0n) is 14.9. The Morgan fingerprint density at radius 2 is 2.15 bits per heavy atom. The maximum Gasteiger partial charge on any atom is 0.311 e. The van der Waals surface area contributed by atoms with Crippen molar-refractivity contribution >= 4 is 28.8 Å². The topological polar surface area (TPSA) is 99.2 Å². The molecule has 8 heteroatoms. The van der Waals surface area contributed by atoms with Gasteiger partial charge in [0.25, 0.3) is 5.89 Å². The Morgan fingerprint density at radius 3 is 2.81 bits per heavy atom. The molecule has 1 aliphatic carbocycles. The lowest BCUT2D eigenvalue weighted by Crippen LogP contribution is -2.19.